The highest BCUT2D eigenvalue weighted by Crippen LogP contribution is 2.44. The first-order valence-corrected chi connectivity index (χ1v) is 10.0. The fraction of sp³-hybridized carbons (Fsp3) is 0. The monoisotopic (exact) mass is 396 g/mol. The van der Waals surface area contributed by atoms with Crippen molar-refractivity contribution in [2.45, 2.75) is 0 Å². The molecular formula is C26H14Cl2. The molecule has 0 saturated heterocycles. The standard InChI is InChI=1S/C26H14Cl2/c27-15-10-12-22-23(13-15)19-11-9-16(28)14-24(19)26-21-8-4-2-6-18(21)17-5-1-3-7-20(17)25(22)26/h1-14H. The second-order valence-corrected chi connectivity index (χ2v) is 8.09. The van der Waals surface area contributed by atoms with Crippen molar-refractivity contribution in [2.75, 3.05) is 0 Å². The van der Waals surface area contributed by atoms with E-state index in [1.54, 1.807) is 0 Å². The second-order valence-electron chi connectivity index (χ2n) is 7.22. The van der Waals surface area contributed by atoms with Gasteiger partial charge in [-0.15, -0.1) is 0 Å². The zero-order valence-corrected chi connectivity index (χ0v) is 16.4. The van der Waals surface area contributed by atoms with Crippen molar-refractivity contribution in [2.24, 2.45) is 0 Å². The minimum absolute atomic E-state index is 0.743. The van der Waals surface area contributed by atoms with Gasteiger partial charge in [-0.25, -0.2) is 0 Å². The molecule has 0 unspecified atom stereocenters. The highest BCUT2D eigenvalue weighted by molar-refractivity contribution is 6.41. The van der Waals surface area contributed by atoms with Crippen LogP contribution in [0.5, 0.6) is 0 Å². The number of hydrogen-bond acceptors (Lipinski definition) is 0. The minimum atomic E-state index is 0.743. The van der Waals surface area contributed by atoms with Gasteiger partial charge in [-0.1, -0.05) is 83.9 Å². The molecule has 0 heterocycles. The van der Waals surface area contributed by atoms with Crippen molar-refractivity contribution in [1.82, 2.24) is 0 Å². The molecule has 0 amide bonds. The van der Waals surface area contributed by atoms with Gasteiger partial charge in [-0.05, 0) is 78.1 Å². The summed E-state index contributed by atoms with van der Waals surface area (Å²) in [6.45, 7) is 0. The average Bonchev–Trinajstić information content (AvgIpc) is 2.73. The van der Waals surface area contributed by atoms with Crippen LogP contribution in [0.25, 0.3) is 53.9 Å². The Balaban J connectivity index is 2.11. The van der Waals surface area contributed by atoms with Crippen molar-refractivity contribution in [1.29, 1.82) is 0 Å². The number of fused-ring (bicyclic) bond motifs is 11. The lowest BCUT2D eigenvalue weighted by Crippen LogP contribution is -1.88. The molecule has 0 saturated carbocycles. The van der Waals surface area contributed by atoms with Gasteiger partial charge in [0.05, 0.1) is 0 Å². The summed E-state index contributed by atoms with van der Waals surface area (Å²) in [7, 11) is 0. The molecule has 0 N–H and O–H groups in total. The topological polar surface area (TPSA) is 0 Å². The van der Waals surface area contributed by atoms with Gasteiger partial charge >= 0.3 is 0 Å². The van der Waals surface area contributed by atoms with Gasteiger partial charge < -0.3 is 0 Å². The lowest BCUT2D eigenvalue weighted by Gasteiger charge is -2.16. The van der Waals surface area contributed by atoms with Crippen molar-refractivity contribution >= 4 is 77.1 Å². The summed E-state index contributed by atoms with van der Waals surface area (Å²) < 4.78 is 0. The molecule has 0 bridgehead atoms. The van der Waals surface area contributed by atoms with E-state index in [0.717, 1.165) is 15.4 Å². The Bertz CT molecular complexity index is 1580. The molecule has 0 spiro atoms. The van der Waals surface area contributed by atoms with Gasteiger partial charge in [0.15, 0.2) is 0 Å². The maximum atomic E-state index is 6.44. The summed E-state index contributed by atoms with van der Waals surface area (Å²) in [4.78, 5) is 0. The summed E-state index contributed by atoms with van der Waals surface area (Å²) >= 11 is 12.8. The normalized spacial score (nSPS) is 11.9. The fourth-order valence-corrected chi connectivity index (χ4v) is 4.96. The Kier molecular flexibility index (Phi) is 3.38. The highest BCUT2D eigenvalue weighted by Gasteiger charge is 2.15. The third-order valence-corrected chi connectivity index (χ3v) is 6.20. The third kappa shape index (κ3) is 2.13. The van der Waals surface area contributed by atoms with Crippen LogP contribution in [-0.4, -0.2) is 0 Å². The van der Waals surface area contributed by atoms with Crippen LogP contribution in [0.15, 0.2) is 84.9 Å². The quantitative estimate of drug-likeness (QED) is 0.225. The minimum Gasteiger partial charge on any atom is -0.0843 e. The van der Waals surface area contributed by atoms with Crippen molar-refractivity contribution < 1.29 is 0 Å². The molecule has 0 aliphatic rings. The summed E-state index contributed by atoms with van der Waals surface area (Å²) in [5.41, 5.74) is 0. The van der Waals surface area contributed by atoms with Crippen molar-refractivity contribution in [3.05, 3.63) is 95.0 Å². The predicted molar refractivity (Wildman–Crippen MR) is 124 cm³/mol. The van der Waals surface area contributed by atoms with Crippen LogP contribution >= 0.6 is 23.2 Å². The van der Waals surface area contributed by atoms with E-state index in [1.807, 2.05) is 12.1 Å². The molecule has 132 valence electrons. The van der Waals surface area contributed by atoms with Gasteiger partial charge in [0.1, 0.15) is 0 Å². The zero-order chi connectivity index (χ0) is 18.8. The largest absolute Gasteiger partial charge is 0.0843 e. The van der Waals surface area contributed by atoms with Crippen LogP contribution < -0.4 is 0 Å². The molecule has 6 aromatic rings. The first-order valence-electron chi connectivity index (χ1n) is 9.26. The Morgan fingerprint density at radius 1 is 0.357 bits per heavy atom. The first-order chi connectivity index (χ1) is 13.7. The third-order valence-electron chi connectivity index (χ3n) is 5.73. The van der Waals surface area contributed by atoms with Crippen molar-refractivity contribution in [3.63, 3.8) is 0 Å². The van der Waals surface area contributed by atoms with E-state index in [1.165, 1.54) is 48.5 Å². The van der Waals surface area contributed by atoms with Crippen molar-refractivity contribution in [3.8, 4) is 0 Å². The molecule has 0 nitrogen and oxygen atoms in total. The molecule has 0 aliphatic carbocycles. The Morgan fingerprint density at radius 2 is 0.750 bits per heavy atom. The summed E-state index contributed by atoms with van der Waals surface area (Å²) in [6.07, 6.45) is 0. The summed E-state index contributed by atoms with van der Waals surface area (Å²) in [5.74, 6) is 0. The van der Waals surface area contributed by atoms with Crippen LogP contribution in [0.4, 0.5) is 0 Å². The van der Waals surface area contributed by atoms with Crippen LogP contribution in [0.1, 0.15) is 0 Å². The lowest BCUT2D eigenvalue weighted by atomic mass is 9.87. The number of halogens is 2. The number of rotatable bonds is 0. The van der Waals surface area contributed by atoms with E-state index < -0.39 is 0 Å². The molecule has 28 heavy (non-hydrogen) atoms. The Labute approximate surface area is 171 Å². The Morgan fingerprint density at radius 3 is 1.36 bits per heavy atom. The average molecular weight is 397 g/mol. The van der Waals surface area contributed by atoms with Gasteiger partial charge in [-0.2, -0.15) is 0 Å². The number of hydrogen-bond donors (Lipinski definition) is 0. The molecule has 0 atom stereocenters. The molecule has 0 aliphatic heterocycles. The predicted octanol–water partition coefficient (Wildman–Crippen LogP) is 8.76. The fourth-order valence-electron chi connectivity index (χ4n) is 4.62. The van der Waals surface area contributed by atoms with Gasteiger partial charge in [0.25, 0.3) is 0 Å². The molecule has 6 rings (SSSR count). The highest BCUT2D eigenvalue weighted by atomic mass is 35.5. The molecule has 0 fully saturated rings. The van der Waals surface area contributed by atoms with Gasteiger partial charge in [-0.3, -0.25) is 0 Å². The van der Waals surface area contributed by atoms with E-state index in [-0.39, 0.29) is 0 Å². The smallest absolute Gasteiger partial charge is 0.0412 e. The van der Waals surface area contributed by atoms with Crippen LogP contribution in [-0.2, 0) is 0 Å². The van der Waals surface area contributed by atoms with Crippen LogP contribution in [0.2, 0.25) is 10.0 Å². The van der Waals surface area contributed by atoms with Gasteiger partial charge in [0, 0.05) is 10.0 Å². The second kappa shape index (κ2) is 5.85. The SMILES string of the molecule is Clc1ccc2c(c1)c1ccc(Cl)cc1c1c3ccccc3c3ccccc3c21. The molecule has 6 aromatic carbocycles. The number of benzene rings is 6. The van der Waals surface area contributed by atoms with E-state index >= 15 is 0 Å². The molecule has 0 radical (unpaired) electrons. The van der Waals surface area contributed by atoms with Crippen LogP contribution in [0, 0.1) is 0 Å². The Hall–Kier alpha value is -2.80. The molecule has 2 heteroatoms. The zero-order valence-electron chi connectivity index (χ0n) is 14.8. The van der Waals surface area contributed by atoms with E-state index in [2.05, 4.69) is 72.8 Å². The summed E-state index contributed by atoms with van der Waals surface area (Å²) in [5, 5.41) is 13.8. The van der Waals surface area contributed by atoms with E-state index in [0.29, 0.717) is 0 Å². The molecular weight excluding hydrogens is 383 g/mol. The van der Waals surface area contributed by atoms with Gasteiger partial charge in [0.2, 0.25) is 0 Å². The first kappa shape index (κ1) is 16.2. The van der Waals surface area contributed by atoms with E-state index in [9.17, 15) is 0 Å². The molecule has 0 aromatic heterocycles. The lowest BCUT2D eigenvalue weighted by molar-refractivity contribution is 1.78. The summed E-state index contributed by atoms with van der Waals surface area (Å²) in [6, 6.07) is 29.6. The van der Waals surface area contributed by atoms with Crippen LogP contribution in [0.3, 0.4) is 0 Å². The maximum absolute atomic E-state index is 6.44. The van der Waals surface area contributed by atoms with E-state index in [4.69, 9.17) is 23.2 Å². The maximum Gasteiger partial charge on any atom is 0.0412 e.